The highest BCUT2D eigenvalue weighted by atomic mass is 35.5. The normalized spacial score (nSPS) is 18.2. The highest BCUT2D eigenvalue weighted by Gasteiger charge is 2.26. The predicted octanol–water partition coefficient (Wildman–Crippen LogP) is 3.88. The van der Waals surface area contributed by atoms with Crippen molar-refractivity contribution in [2.45, 2.75) is 45.6 Å². The van der Waals surface area contributed by atoms with Crippen LogP contribution in [-0.4, -0.2) is 33.4 Å². The lowest BCUT2D eigenvalue weighted by molar-refractivity contribution is 0.169. The summed E-state index contributed by atoms with van der Waals surface area (Å²) in [4.78, 5) is 7.19. The Morgan fingerprint density at radius 3 is 2.65 bits per heavy atom. The van der Waals surface area contributed by atoms with Gasteiger partial charge in [-0.3, -0.25) is 0 Å². The molecule has 2 aromatic heterocycles. The average molecular weight is 292 g/mol. The molecule has 0 saturated carbocycles. The maximum absolute atomic E-state index is 6.34. The number of imidazole rings is 1. The van der Waals surface area contributed by atoms with E-state index in [0.717, 1.165) is 24.4 Å². The van der Waals surface area contributed by atoms with Crippen LogP contribution in [0.5, 0.6) is 0 Å². The monoisotopic (exact) mass is 291 g/mol. The minimum absolute atomic E-state index is 0.520. The SMILES string of the molecule is Cc1cccn2c(C3CCN(C(C)C)CC3)nc(Cl)c12. The van der Waals surface area contributed by atoms with E-state index in [0.29, 0.717) is 17.1 Å². The number of hydrogen-bond donors (Lipinski definition) is 0. The predicted molar refractivity (Wildman–Crippen MR) is 83.6 cm³/mol. The van der Waals surface area contributed by atoms with Crippen LogP contribution in [0.25, 0.3) is 5.52 Å². The molecule has 0 aromatic carbocycles. The summed E-state index contributed by atoms with van der Waals surface area (Å²) < 4.78 is 2.19. The Kier molecular flexibility index (Phi) is 3.74. The van der Waals surface area contributed by atoms with Gasteiger partial charge in [-0.2, -0.15) is 0 Å². The number of fused-ring (bicyclic) bond motifs is 1. The summed E-state index contributed by atoms with van der Waals surface area (Å²) in [5.74, 6) is 1.66. The second-order valence-corrected chi connectivity index (χ2v) is 6.43. The van der Waals surface area contributed by atoms with Crippen molar-refractivity contribution in [2.24, 2.45) is 0 Å². The number of nitrogens with zero attached hydrogens (tertiary/aromatic N) is 3. The van der Waals surface area contributed by atoms with Crippen molar-refractivity contribution in [3.8, 4) is 0 Å². The molecule has 1 fully saturated rings. The molecule has 0 N–H and O–H groups in total. The van der Waals surface area contributed by atoms with Crippen LogP contribution in [0.3, 0.4) is 0 Å². The zero-order chi connectivity index (χ0) is 14.3. The number of aryl methyl sites for hydroxylation is 1. The zero-order valence-electron chi connectivity index (χ0n) is 12.4. The first-order valence-electron chi connectivity index (χ1n) is 7.45. The van der Waals surface area contributed by atoms with Gasteiger partial charge in [-0.25, -0.2) is 4.98 Å². The molecule has 3 heterocycles. The van der Waals surface area contributed by atoms with Gasteiger partial charge in [-0.1, -0.05) is 17.7 Å². The van der Waals surface area contributed by atoms with Crippen LogP contribution in [-0.2, 0) is 0 Å². The first kappa shape index (κ1) is 13.9. The van der Waals surface area contributed by atoms with Crippen LogP contribution < -0.4 is 0 Å². The molecule has 20 heavy (non-hydrogen) atoms. The molecule has 0 amide bonds. The third-order valence-electron chi connectivity index (χ3n) is 4.48. The molecule has 3 nitrogen and oxygen atoms in total. The molecule has 3 rings (SSSR count). The standard InChI is InChI=1S/C16H22ClN3/c1-11(2)19-9-6-13(7-10-19)16-18-15(17)14-12(3)5-4-8-20(14)16/h4-5,8,11,13H,6-7,9-10H2,1-3H3. The second-order valence-electron chi connectivity index (χ2n) is 6.07. The molecular formula is C16H22ClN3. The summed E-state index contributed by atoms with van der Waals surface area (Å²) >= 11 is 6.34. The maximum Gasteiger partial charge on any atom is 0.155 e. The largest absolute Gasteiger partial charge is 0.302 e. The van der Waals surface area contributed by atoms with Crippen LogP contribution in [0.2, 0.25) is 5.15 Å². The third-order valence-corrected chi connectivity index (χ3v) is 4.74. The molecule has 0 unspecified atom stereocenters. The molecule has 0 atom stereocenters. The Labute approximate surface area is 125 Å². The number of halogens is 1. The molecule has 1 aliphatic rings. The van der Waals surface area contributed by atoms with E-state index in [1.807, 2.05) is 0 Å². The van der Waals surface area contributed by atoms with Gasteiger partial charge < -0.3 is 9.30 Å². The van der Waals surface area contributed by atoms with Gasteiger partial charge in [0.05, 0.1) is 5.52 Å². The highest BCUT2D eigenvalue weighted by Crippen LogP contribution is 2.32. The third kappa shape index (κ3) is 2.33. The van der Waals surface area contributed by atoms with Gasteiger partial charge >= 0.3 is 0 Å². The summed E-state index contributed by atoms with van der Waals surface area (Å²) in [5, 5.41) is 0.643. The van der Waals surface area contributed by atoms with Crippen molar-refractivity contribution in [3.05, 3.63) is 34.9 Å². The number of pyridine rings is 1. The molecule has 0 bridgehead atoms. The van der Waals surface area contributed by atoms with Crippen LogP contribution in [0.1, 0.15) is 44.0 Å². The first-order chi connectivity index (χ1) is 9.58. The van der Waals surface area contributed by atoms with Crippen molar-refractivity contribution in [1.29, 1.82) is 0 Å². The van der Waals surface area contributed by atoms with E-state index in [2.05, 4.69) is 53.4 Å². The molecule has 2 aromatic rings. The molecule has 0 radical (unpaired) electrons. The fraction of sp³-hybridized carbons (Fsp3) is 0.562. The summed E-state index contributed by atoms with van der Waals surface area (Å²) in [6.45, 7) is 8.94. The fourth-order valence-corrected chi connectivity index (χ4v) is 3.57. The Morgan fingerprint density at radius 2 is 2.00 bits per heavy atom. The van der Waals surface area contributed by atoms with Gasteiger partial charge in [0.15, 0.2) is 5.15 Å². The fourth-order valence-electron chi connectivity index (χ4n) is 3.24. The Hall–Kier alpha value is -1.06. The Bertz CT molecular complexity index is 609. The molecule has 1 saturated heterocycles. The lowest BCUT2D eigenvalue weighted by Gasteiger charge is -2.34. The number of piperidine rings is 1. The van der Waals surface area contributed by atoms with Gasteiger partial charge in [0.25, 0.3) is 0 Å². The van der Waals surface area contributed by atoms with E-state index in [4.69, 9.17) is 11.6 Å². The number of rotatable bonds is 2. The van der Waals surface area contributed by atoms with Crippen LogP contribution >= 0.6 is 11.6 Å². The van der Waals surface area contributed by atoms with Gasteiger partial charge in [0.1, 0.15) is 5.82 Å². The topological polar surface area (TPSA) is 20.5 Å². The number of likely N-dealkylation sites (tertiary alicyclic amines) is 1. The van der Waals surface area contributed by atoms with Crippen LogP contribution in [0.4, 0.5) is 0 Å². The van der Waals surface area contributed by atoms with Gasteiger partial charge in [0, 0.05) is 18.2 Å². The number of hydrogen-bond acceptors (Lipinski definition) is 2. The maximum atomic E-state index is 6.34. The minimum Gasteiger partial charge on any atom is -0.302 e. The van der Waals surface area contributed by atoms with Crippen molar-refractivity contribution >= 4 is 17.1 Å². The van der Waals surface area contributed by atoms with Crippen LogP contribution in [0.15, 0.2) is 18.3 Å². The minimum atomic E-state index is 0.520. The van der Waals surface area contributed by atoms with E-state index in [9.17, 15) is 0 Å². The molecule has 108 valence electrons. The lowest BCUT2D eigenvalue weighted by Crippen LogP contribution is -2.38. The van der Waals surface area contributed by atoms with E-state index in [-0.39, 0.29) is 0 Å². The van der Waals surface area contributed by atoms with Gasteiger partial charge in [-0.05, 0) is 58.3 Å². The second kappa shape index (κ2) is 5.38. The quantitative estimate of drug-likeness (QED) is 0.837. The van der Waals surface area contributed by atoms with Crippen molar-refractivity contribution < 1.29 is 0 Å². The summed E-state index contributed by atoms with van der Waals surface area (Å²) in [6.07, 6.45) is 4.43. The van der Waals surface area contributed by atoms with Crippen molar-refractivity contribution in [1.82, 2.24) is 14.3 Å². The zero-order valence-corrected chi connectivity index (χ0v) is 13.2. The summed E-state index contributed by atoms with van der Waals surface area (Å²) in [7, 11) is 0. The van der Waals surface area contributed by atoms with E-state index in [1.165, 1.54) is 18.4 Å². The molecule has 0 aliphatic carbocycles. The molecule has 4 heteroatoms. The summed E-state index contributed by atoms with van der Waals surface area (Å²) in [6, 6.07) is 4.81. The van der Waals surface area contributed by atoms with Crippen LogP contribution in [0, 0.1) is 6.92 Å². The Balaban J connectivity index is 1.91. The molecule has 1 aliphatic heterocycles. The van der Waals surface area contributed by atoms with E-state index in [1.54, 1.807) is 0 Å². The van der Waals surface area contributed by atoms with E-state index >= 15 is 0 Å². The molecular weight excluding hydrogens is 270 g/mol. The van der Waals surface area contributed by atoms with Crippen molar-refractivity contribution in [3.63, 3.8) is 0 Å². The van der Waals surface area contributed by atoms with Crippen molar-refractivity contribution in [2.75, 3.05) is 13.1 Å². The summed E-state index contributed by atoms with van der Waals surface area (Å²) in [5.41, 5.74) is 2.26. The number of aromatic nitrogens is 2. The lowest BCUT2D eigenvalue weighted by atomic mass is 9.95. The smallest absolute Gasteiger partial charge is 0.155 e. The van der Waals surface area contributed by atoms with Gasteiger partial charge in [-0.15, -0.1) is 0 Å². The molecule has 0 spiro atoms. The highest BCUT2D eigenvalue weighted by molar-refractivity contribution is 6.32. The average Bonchev–Trinajstić information content (AvgIpc) is 2.77. The first-order valence-corrected chi connectivity index (χ1v) is 7.83. The van der Waals surface area contributed by atoms with E-state index < -0.39 is 0 Å². The Morgan fingerprint density at radius 1 is 1.30 bits per heavy atom. The van der Waals surface area contributed by atoms with Gasteiger partial charge in [0.2, 0.25) is 0 Å².